The van der Waals surface area contributed by atoms with Gasteiger partial charge in [0.2, 0.25) is 0 Å². The van der Waals surface area contributed by atoms with E-state index in [2.05, 4.69) is 0 Å². The summed E-state index contributed by atoms with van der Waals surface area (Å²) in [6.07, 6.45) is -0.00361. The molecule has 1 heterocycles. The van der Waals surface area contributed by atoms with E-state index in [9.17, 15) is 0 Å². The fraction of sp³-hybridized carbons (Fsp3) is 0.455. The summed E-state index contributed by atoms with van der Waals surface area (Å²) in [6.45, 7) is 3.21. The van der Waals surface area contributed by atoms with Crippen LogP contribution in [-0.4, -0.2) is 25.4 Å². The number of rotatable bonds is 2. The number of para-hydroxylation sites is 1. The van der Waals surface area contributed by atoms with Gasteiger partial charge in [0, 0.05) is 0 Å². The predicted octanol–water partition coefficient (Wildman–Crippen LogP) is 1.10. The first kappa shape index (κ1) is 9.49. The maximum absolute atomic E-state index is 5.83. The van der Waals surface area contributed by atoms with Crippen LogP contribution in [0.1, 0.15) is 5.56 Å². The summed E-state index contributed by atoms with van der Waals surface area (Å²) >= 11 is 0. The summed E-state index contributed by atoms with van der Waals surface area (Å²) in [6, 6.07) is 7.93. The topological polar surface area (TPSA) is 44.5 Å². The van der Waals surface area contributed by atoms with E-state index >= 15 is 0 Å². The molecular formula is C11H15NO2. The summed E-state index contributed by atoms with van der Waals surface area (Å²) in [7, 11) is 0. The molecule has 1 fully saturated rings. The fourth-order valence-electron chi connectivity index (χ4n) is 1.52. The summed E-state index contributed by atoms with van der Waals surface area (Å²) in [4.78, 5) is 0. The second-order valence-corrected chi connectivity index (χ2v) is 3.62. The molecule has 2 atom stereocenters. The Kier molecular flexibility index (Phi) is 2.70. The SMILES string of the molecule is Cc1ccccc1O[C@H]1COC[C@@H]1N. The lowest BCUT2D eigenvalue weighted by molar-refractivity contribution is 0.140. The van der Waals surface area contributed by atoms with E-state index in [0.717, 1.165) is 11.3 Å². The van der Waals surface area contributed by atoms with E-state index in [0.29, 0.717) is 13.2 Å². The van der Waals surface area contributed by atoms with E-state index in [4.69, 9.17) is 15.2 Å². The zero-order valence-corrected chi connectivity index (χ0v) is 8.27. The zero-order valence-electron chi connectivity index (χ0n) is 8.27. The second kappa shape index (κ2) is 3.98. The van der Waals surface area contributed by atoms with Crippen molar-refractivity contribution in [2.75, 3.05) is 13.2 Å². The van der Waals surface area contributed by atoms with Crippen LogP contribution in [0.4, 0.5) is 0 Å². The molecule has 14 heavy (non-hydrogen) atoms. The molecule has 1 aliphatic rings. The molecule has 0 bridgehead atoms. The summed E-state index contributed by atoms with van der Waals surface area (Å²) in [5.74, 6) is 0.901. The first-order valence-electron chi connectivity index (χ1n) is 4.83. The standard InChI is InChI=1S/C11H15NO2/c1-8-4-2-3-5-10(8)14-11-7-13-6-9(11)12/h2-5,9,11H,6-7,12H2,1H3/t9-,11-/m0/s1. The number of hydrogen-bond donors (Lipinski definition) is 1. The molecule has 1 aromatic rings. The third-order valence-electron chi connectivity index (χ3n) is 2.44. The lowest BCUT2D eigenvalue weighted by Crippen LogP contribution is -2.37. The quantitative estimate of drug-likeness (QED) is 0.765. The van der Waals surface area contributed by atoms with Crippen molar-refractivity contribution in [1.29, 1.82) is 0 Å². The van der Waals surface area contributed by atoms with Gasteiger partial charge in [-0.25, -0.2) is 0 Å². The number of ether oxygens (including phenoxy) is 2. The van der Waals surface area contributed by atoms with Gasteiger partial charge < -0.3 is 15.2 Å². The Bertz CT molecular complexity index is 314. The van der Waals surface area contributed by atoms with E-state index in [-0.39, 0.29) is 12.1 Å². The van der Waals surface area contributed by atoms with Gasteiger partial charge >= 0.3 is 0 Å². The van der Waals surface area contributed by atoms with Crippen LogP contribution < -0.4 is 10.5 Å². The van der Waals surface area contributed by atoms with Gasteiger partial charge in [-0.2, -0.15) is 0 Å². The lowest BCUT2D eigenvalue weighted by atomic mass is 10.2. The van der Waals surface area contributed by atoms with Crippen LogP contribution >= 0.6 is 0 Å². The Morgan fingerprint density at radius 3 is 2.79 bits per heavy atom. The smallest absolute Gasteiger partial charge is 0.139 e. The molecule has 0 spiro atoms. The molecule has 2 rings (SSSR count). The fourth-order valence-corrected chi connectivity index (χ4v) is 1.52. The minimum absolute atomic E-state index is 0.00361. The summed E-state index contributed by atoms with van der Waals surface area (Å²) in [5.41, 5.74) is 6.96. The van der Waals surface area contributed by atoms with E-state index in [1.165, 1.54) is 0 Å². The summed E-state index contributed by atoms with van der Waals surface area (Å²) < 4.78 is 11.0. The van der Waals surface area contributed by atoms with Crippen molar-refractivity contribution >= 4 is 0 Å². The van der Waals surface area contributed by atoms with Gasteiger partial charge in [0.15, 0.2) is 0 Å². The average molecular weight is 193 g/mol. The highest BCUT2D eigenvalue weighted by molar-refractivity contribution is 5.32. The van der Waals surface area contributed by atoms with Crippen molar-refractivity contribution in [2.24, 2.45) is 5.73 Å². The molecule has 2 N–H and O–H groups in total. The molecule has 0 amide bonds. The van der Waals surface area contributed by atoms with Crippen LogP contribution in [0, 0.1) is 6.92 Å². The van der Waals surface area contributed by atoms with Crippen molar-refractivity contribution in [1.82, 2.24) is 0 Å². The maximum atomic E-state index is 5.83. The third kappa shape index (κ3) is 1.89. The number of benzene rings is 1. The normalized spacial score (nSPS) is 26.4. The van der Waals surface area contributed by atoms with Crippen molar-refractivity contribution in [3.8, 4) is 5.75 Å². The molecule has 0 aromatic heterocycles. The first-order chi connectivity index (χ1) is 6.77. The Balaban J connectivity index is 2.07. The van der Waals surface area contributed by atoms with E-state index in [1.807, 2.05) is 31.2 Å². The largest absolute Gasteiger partial charge is 0.486 e. The van der Waals surface area contributed by atoms with Crippen molar-refractivity contribution in [3.05, 3.63) is 29.8 Å². The molecule has 3 heteroatoms. The monoisotopic (exact) mass is 193 g/mol. The molecular weight excluding hydrogens is 178 g/mol. The molecule has 1 aliphatic heterocycles. The van der Waals surface area contributed by atoms with Gasteiger partial charge in [0.05, 0.1) is 19.3 Å². The average Bonchev–Trinajstić information content (AvgIpc) is 2.56. The maximum Gasteiger partial charge on any atom is 0.139 e. The lowest BCUT2D eigenvalue weighted by Gasteiger charge is -2.17. The van der Waals surface area contributed by atoms with Crippen LogP contribution in [-0.2, 0) is 4.74 Å². The highest BCUT2D eigenvalue weighted by Gasteiger charge is 2.26. The highest BCUT2D eigenvalue weighted by Crippen LogP contribution is 2.20. The van der Waals surface area contributed by atoms with Crippen LogP contribution in [0.25, 0.3) is 0 Å². The van der Waals surface area contributed by atoms with E-state index < -0.39 is 0 Å². The molecule has 0 saturated carbocycles. The molecule has 3 nitrogen and oxygen atoms in total. The number of aryl methyl sites for hydroxylation is 1. The first-order valence-corrected chi connectivity index (χ1v) is 4.83. The van der Waals surface area contributed by atoms with Gasteiger partial charge in [0.1, 0.15) is 11.9 Å². The molecule has 76 valence electrons. The minimum atomic E-state index is -0.00499. The predicted molar refractivity (Wildman–Crippen MR) is 54.4 cm³/mol. The number of hydrogen-bond acceptors (Lipinski definition) is 3. The third-order valence-corrected chi connectivity index (χ3v) is 2.44. The summed E-state index contributed by atoms with van der Waals surface area (Å²) in [5, 5.41) is 0. The van der Waals surface area contributed by atoms with Crippen molar-refractivity contribution in [3.63, 3.8) is 0 Å². The van der Waals surface area contributed by atoms with Crippen LogP contribution in [0.2, 0.25) is 0 Å². The van der Waals surface area contributed by atoms with Crippen molar-refractivity contribution < 1.29 is 9.47 Å². The Morgan fingerprint density at radius 2 is 2.14 bits per heavy atom. The Labute approximate surface area is 83.8 Å². The molecule has 0 unspecified atom stereocenters. The van der Waals surface area contributed by atoms with E-state index in [1.54, 1.807) is 0 Å². The molecule has 0 aliphatic carbocycles. The van der Waals surface area contributed by atoms with Gasteiger partial charge in [0.25, 0.3) is 0 Å². The molecule has 0 radical (unpaired) electrons. The molecule has 1 aromatic carbocycles. The molecule has 1 saturated heterocycles. The van der Waals surface area contributed by atoms with Gasteiger partial charge in [-0.3, -0.25) is 0 Å². The van der Waals surface area contributed by atoms with Crippen LogP contribution in [0.3, 0.4) is 0 Å². The number of nitrogens with two attached hydrogens (primary N) is 1. The van der Waals surface area contributed by atoms with Gasteiger partial charge in [-0.15, -0.1) is 0 Å². The Hall–Kier alpha value is -1.06. The van der Waals surface area contributed by atoms with Crippen molar-refractivity contribution in [2.45, 2.75) is 19.1 Å². The minimum Gasteiger partial charge on any atom is -0.486 e. The highest BCUT2D eigenvalue weighted by atomic mass is 16.5. The van der Waals surface area contributed by atoms with Gasteiger partial charge in [-0.05, 0) is 18.6 Å². The van der Waals surface area contributed by atoms with Crippen LogP contribution in [0.15, 0.2) is 24.3 Å². The second-order valence-electron chi connectivity index (χ2n) is 3.62. The van der Waals surface area contributed by atoms with Crippen LogP contribution in [0.5, 0.6) is 5.75 Å². The zero-order chi connectivity index (χ0) is 9.97. The Morgan fingerprint density at radius 1 is 1.36 bits per heavy atom. The van der Waals surface area contributed by atoms with Gasteiger partial charge in [-0.1, -0.05) is 18.2 Å².